The number of Topliss-reactive ketones (excluding diaryl/α,β-unsaturated/α-hetero) is 1. The van der Waals surface area contributed by atoms with Crippen LogP contribution in [0, 0.1) is 11.3 Å². The van der Waals surface area contributed by atoms with Gasteiger partial charge in [0.25, 0.3) is 0 Å². The highest BCUT2D eigenvalue weighted by Crippen LogP contribution is 2.33. The van der Waals surface area contributed by atoms with Crippen LogP contribution in [-0.2, 0) is 10.0 Å². The van der Waals surface area contributed by atoms with Crippen molar-refractivity contribution in [1.29, 1.82) is 0 Å². The van der Waals surface area contributed by atoms with Crippen molar-refractivity contribution in [3.8, 4) is 0 Å². The molecule has 1 aliphatic carbocycles. The summed E-state index contributed by atoms with van der Waals surface area (Å²) in [7, 11) is -3.48. The Hall–Kier alpha value is -1.24. The highest BCUT2D eigenvalue weighted by atomic mass is 32.2. The predicted molar refractivity (Wildman–Crippen MR) is 98.2 cm³/mol. The SMILES string of the molecule is CC(C)(C)CN1CCN(S(=O)(=O)c2ccc(C(=O)C3CC3)cc2)CC1. The van der Waals surface area contributed by atoms with Gasteiger partial charge in [-0.05, 0) is 30.4 Å². The fourth-order valence-corrected chi connectivity index (χ4v) is 4.74. The van der Waals surface area contributed by atoms with Crippen molar-refractivity contribution in [2.24, 2.45) is 11.3 Å². The molecule has 0 aromatic heterocycles. The van der Waals surface area contributed by atoms with Crippen LogP contribution < -0.4 is 0 Å². The van der Waals surface area contributed by atoms with Gasteiger partial charge in [0, 0.05) is 44.2 Å². The van der Waals surface area contributed by atoms with Crippen LogP contribution in [0.2, 0.25) is 0 Å². The van der Waals surface area contributed by atoms with Crippen LogP contribution >= 0.6 is 0 Å². The van der Waals surface area contributed by atoms with Gasteiger partial charge in [0.2, 0.25) is 10.0 Å². The van der Waals surface area contributed by atoms with E-state index in [2.05, 4.69) is 25.7 Å². The van der Waals surface area contributed by atoms with Crippen molar-refractivity contribution < 1.29 is 13.2 Å². The predicted octanol–water partition coefficient (Wildman–Crippen LogP) is 2.63. The summed E-state index contributed by atoms with van der Waals surface area (Å²) in [5, 5.41) is 0. The molecule has 1 saturated heterocycles. The summed E-state index contributed by atoms with van der Waals surface area (Å²) in [4.78, 5) is 14.7. The zero-order valence-corrected chi connectivity index (χ0v) is 16.2. The van der Waals surface area contributed by atoms with Crippen LogP contribution in [0.3, 0.4) is 0 Å². The second kappa shape index (κ2) is 6.82. The summed E-state index contributed by atoms with van der Waals surface area (Å²) >= 11 is 0. The maximum atomic E-state index is 12.8. The summed E-state index contributed by atoms with van der Waals surface area (Å²) in [5.41, 5.74) is 0.835. The molecular weight excluding hydrogens is 336 g/mol. The first-order chi connectivity index (χ1) is 11.7. The van der Waals surface area contributed by atoms with Gasteiger partial charge in [-0.3, -0.25) is 4.79 Å². The second-order valence-electron chi connectivity index (χ2n) is 8.40. The molecule has 0 spiro atoms. The van der Waals surface area contributed by atoms with Gasteiger partial charge in [-0.1, -0.05) is 32.9 Å². The molecule has 6 heteroatoms. The summed E-state index contributed by atoms with van der Waals surface area (Å²) in [6.45, 7) is 10.1. The lowest BCUT2D eigenvalue weighted by Gasteiger charge is -2.37. The number of piperazine rings is 1. The molecule has 0 N–H and O–H groups in total. The molecule has 5 nitrogen and oxygen atoms in total. The number of rotatable bonds is 5. The number of hydrogen-bond donors (Lipinski definition) is 0. The van der Waals surface area contributed by atoms with Crippen molar-refractivity contribution in [2.75, 3.05) is 32.7 Å². The van der Waals surface area contributed by atoms with E-state index in [1.54, 1.807) is 28.6 Å². The molecule has 2 fully saturated rings. The van der Waals surface area contributed by atoms with E-state index >= 15 is 0 Å². The van der Waals surface area contributed by atoms with Crippen molar-refractivity contribution in [3.63, 3.8) is 0 Å². The van der Waals surface area contributed by atoms with E-state index in [-0.39, 0.29) is 22.0 Å². The maximum absolute atomic E-state index is 12.8. The third kappa shape index (κ3) is 4.49. The van der Waals surface area contributed by atoms with Crippen LogP contribution in [-0.4, -0.2) is 56.1 Å². The van der Waals surface area contributed by atoms with Crippen LogP contribution in [0.25, 0.3) is 0 Å². The molecule has 1 aromatic rings. The van der Waals surface area contributed by atoms with E-state index in [0.717, 1.165) is 32.5 Å². The Labute approximate surface area is 151 Å². The number of carbonyl (C=O) groups is 1. The molecule has 0 atom stereocenters. The molecule has 2 aliphatic rings. The van der Waals surface area contributed by atoms with E-state index in [0.29, 0.717) is 18.7 Å². The van der Waals surface area contributed by atoms with Gasteiger partial charge in [0.1, 0.15) is 0 Å². The van der Waals surface area contributed by atoms with Crippen molar-refractivity contribution in [2.45, 2.75) is 38.5 Å². The largest absolute Gasteiger partial charge is 0.300 e. The maximum Gasteiger partial charge on any atom is 0.243 e. The topological polar surface area (TPSA) is 57.7 Å². The fourth-order valence-electron chi connectivity index (χ4n) is 3.32. The van der Waals surface area contributed by atoms with Crippen LogP contribution in [0.5, 0.6) is 0 Å². The minimum absolute atomic E-state index is 0.139. The van der Waals surface area contributed by atoms with Gasteiger partial charge in [-0.15, -0.1) is 0 Å². The van der Waals surface area contributed by atoms with Crippen LogP contribution in [0.15, 0.2) is 29.2 Å². The van der Waals surface area contributed by atoms with Gasteiger partial charge in [0.15, 0.2) is 5.78 Å². The average molecular weight is 365 g/mol. The normalized spacial score (nSPS) is 20.6. The Balaban J connectivity index is 1.65. The van der Waals surface area contributed by atoms with E-state index in [1.807, 2.05) is 0 Å². The Morgan fingerprint density at radius 1 is 1.04 bits per heavy atom. The van der Waals surface area contributed by atoms with Gasteiger partial charge in [-0.25, -0.2) is 8.42 Å². The zero-order chi connectivity index (χ0) is 18.2. The lowest BCUT2D eigenvalue weighted by Crippen LogP contribution is -2.50. The molecule has 1 aliphatic heterocycles. The molecule has 0 radical (unpaired) electrons. The molecule has 0 amide bonds. The van der Waals surface area contributed by atoms with E-state index < -0.39 is 10.0 Å². The first-order valence-corrected chi connectivity index (χ1v) is 10.5. The number of nitrogens with zero attached hydrogens (tertiary/aromatic N) is 2. The molecule has 1 saturated carbocycles. The number of ketones is 1. The third-order valence-corrected chi connectivity index (χ3v) is 6.67. The van der Waals surface area contributed by atoms with E-state index in [9.17, 15) is 13.2 Å². The molecule has 3 rings (SSSR count). The zero-order valence-electron chi connectivity index (χ0n) is 15.4. The van der Waals surface area contributed by atoms with Gasteiger partial charge in [0.05, 0.1) is 4.90 Å². The lowest BCUT2D eigenvalue weighted by molar-refractivity contribution is 0.0967. The molecule has 25 heavy (non-hydrogen) atoms. The van der Waals surface area contributed by atoms with Crippen LogP contribution in [0.4, 0.5) is 0 Å². The first kappa shape index (κ1) is 18.5. The Kier molecular flexibility index (Phi) is 5.06. The van der Waals surface area contributed by atoms with E-state index in [1.165, 1.54) is 0 Å². The average Bonchev–Trinajstić information content (AvgIpc) is 3.38. The number of sulfonamides is 1. The highest BCUT2D eigenvalue weighted by molar-refractivity contribution is 7.89. The molecule has 0 unspecified atom stereocenters. The second-order valence-corrected chi connectivity index (χ2v) is 10.3. The summed E-state index contributed by atoms with van der Waals surface area (Å²) in [6.07, 6.45) is 1.91. The molecule has 0 bridgehead atoms. The summed E-state index contributed by atoms with van der Waals surface area (Å²) < 4.78 is 27.2. The number of carbonyl (C=O) groups excluding carboxylic acids is 1. The first-order valence-electron chi connectivity index (χ1n) is 9.04. The van der Waals surface area contributed by atoms with Crippen molar-refractivity contribution in [1.82, 2.24) is 9.21 Å². The van der Waals surface area contributed by atoms with Crippen molar-refractivity contribution >= 4 is 15.8 Å². The third-order valence-electron chi connectivity index (χ3n) is 4.75. The fraction of sp³-hybridized carbons (Fsp3) is 0.632. The minimum Gasteiger partial charge on any atom is -0.300 e. The summed E-state index contributed by atoms with van der Waals surface area (Å²) in [6, 6.07) is 6.46. The Bertz CT molecular complexity index is 723. The molecule has 1 aromatic carbocycles. The molecule has 138 valence electrons. The quantitative estimate of drug-likeness (QED) is 0.754. The summed E-state index contributed by atoms with van der Waals surface area (Å²) in [5.74, 6) is 0.290. The van der Waals surface area contributed by atoms with Crippen LogP contribution in [0.1, 0.15) is 44.0 Å². The Morgan fingerprint density at radius 2 is 1.60 bits per heavy atom. The van der Waals surface area contributed by atoms with Gasteiger partial charge < -0.3 is 4.90 Å². The van der Waals surface area contributed by atoms with Gasteiger partial charge >= 0.3 is 0 Å². The minimum atomic E-state index is -3.48. The van der Waals surface area contributed by atoms with Crippen molar-refractivity contribution in [3.05, 3.63) is 29.8 Å². The molecular formula is C19H28N2O3S. The van der Waals surface area contributed by atoms with Gasteiger partial charge in [-0.2, -0.15) is 4.31 Å². The van der Waals surface area contributed by atoms with E-state index in [4.69, 9.17) is 0 Å². The lowest BCUT2D eigenvalue weighted by atomic mass is 9.96. The monoisotopic (exact) mass is 364 g/mol. The Morgan fingerprint density at radius 3 is 2.08 bits per heavy atom. The smallest absolute Gasteiger partial charge is 0.243 e. The molecule has 1 heterocycles. The standard InChI is InChI=1S/C19H28N2O3S/c1-19(2,3)14-20-10-12-21(13-11-20)25(23,24)17-8-6-16(7-9-17)18(22)15-4-5-15/h6-9,15H,4-5,10-14H2,1-3H3. The number of benzene rings is 1. The highest BCUT2D eigenvalue weighted by Gasteiger charge is 2.32. The number of hydrogen-bond acceptors (Lipinski definition) is 4.